The van der Waals surface area contributed by atoms with Crippen molar-refractivity contribution in [3.63, 3.8) is 0 Å². The summed E-state index contributed by atoms with van der Waals surface area (Å²) in [4.78, 5) is 15.1. The predicted octanol–water partition coefficient (Wildman–Crippen LogP) is 2.67. The fraction of sp³-hybridized carbons (Fsp3) is 0.267. The van der Waals surface area contributed by atoms with Crippen molar-refractivity contribution >= 4 is 28.6 Å². The Bertz CT molecular complexity index is 654. The van der Waals surface area contributed by atoms with Crippen LogP contribution in [0.5, 0.6) is 0 Å². The Hall–Kier alpha value is -1.61. The summed E-state index contributed by atoms with van der Waals surface area (Å²) in [5.74, 6) is 5.78. The van der Waals surface area contributed by atoms with Crippen LogP contribution in [-0.2, 0) is 6.54 Å². The van der Waals surface area contributed by atoms with Gasteiger partial charge in [0.2, 0.25) is 0 Å². The van der Waals surface area contributed by atoms with E-state index in [4.69, 9.17) is 5.73 Å². The van der Waals surface area contributed by atoms with E-state index >= 15 is 0 Å². The standard InChI is InChI=1S/C15H16N2OS2/c1-10-6-14(20-11(10)2)15(18)17-8-13-7-12(9-19-13)4-3-5-16/h6-7,9H,5,8,16H2,1-2H3,(H,17,18). The molecule has 0 saturated heterocycles. The molecule has 0 radical (unpaired) electrons. The second-order valence-electron chi connectivity index (χ2n) is 4.34. The van der Waals surface area contributed by atoms with E-state index in [2.05, 4.69) is 17.2 Å². The minimum absolute atomic E-state index is 0.0193. The molecule has 0 aliphatic rings. The summed E-state index contributed by atoms with van der Waals surface area (Å²) in [5, 5.41) is 4.91. The monoisotopic (exact) mass is 304 g/mol. The van der Waals surface area contributed by atoms with Gasteiger partial charge in [0.15, 0.2) is 0 Å². The van der Waals surface area contributed by atoms with Gasteiger partial charge in [-0.1, -0.05) is 11.8 Å². The molecule has 2 rings (SSSR count). The summed E-state index contributed by atoms with van der Waals surface area (Å²) in [6.45, 7) is 4.94. The van der Waals surface area contributed by atoms with E-state index in [-0.39, 0.29) is 5.91 Å². The molecule has 0 spiro atoms. The van der Waals surface area contributed by atoms with Crippen molar-refractivity contribution in [1.82, 2.24) is 5.32 Å². The fourth-order valence-corrected chi connectivity index (χ4v) is 3.34. The molecule has 0 atom stereocenters. The fourth-order valence-electron chi connectivity index (χ4n) is 1.63. The first kappa shape index (κ1) is 14.8. The number of amides is 1. The minimum Gasteiger partial charge on any atom is -0.346 e. The molecule has 20 heavy (non-hydrogen) atoms. The molecule has 0 aromatic carbocycles. The maximum atomic E-state index is 12.0. The van der Waals surface area contributed by atoms with Crippen LogP contribution in [0.1, 0.15) is 30.6 Å². The molecule has 0 fully saturated rings. The Morgan fingerprint density at radius 2 is 2.20 bits per heavy atom. The molecule has 0 bridgehead atoms. The van der Waals surface area contributed by atoms with Crippen molar-refractivity contribution in [3.8, 4) is 11.8 Å². The Morgan fingerprint density at radius 3 is 2.85 bits per heavy atom. The van der Waals surface area contributed by atoms with Gasteiger partial charge in [0.05, 0.1) is 18.0 Å². The lowest BCUT2D eigenvalue weighted by atomic mass is 10.3. The van der Waals surface area contributed by atoms with Gasteiger partial charge in [0.1, 0.15) is 0 Å². The van der Waals surface area contributed by atoms with Crippen LogP contribution >= 0.6 is 22.7 Å². The lowest BCUT2D eigenvalue weighted by Crippen LogP contribution is -2.21. The van der Waals surface area contributed by atoms with Crippen LogP contribution in [0.15, 0.2) is 17.5 Å². The number of carbonyl (C=O) groups excluding carboxylic acids is 1. The van der Waals surface area contributed by atoms with Crippen molar-refractivity contribution in [2.24, 2.45) is 5.73 Å². The number of nitrogens with two attached hydrogens (primary N) is 1. The number of nitrogens with one attached hydrogen (secondary N) is 1. The predicted molar refractivity (Wildman–Crippen MR) is 85.2 cm³/mol. The minimum atomic E-state index is -0.0193. The number of hydrogen-bond acceptors (Lipinski definition) is 4. The lowest BCUT2D eigenvalue weighted by molar-refractivity contribution is 0.0955. The first-order valence-corrected chi connectivity index (χ1v) is 7.91. The van der Waals surface area contributed by atoms with Crippen LogP contribution in [0.2, 0.25) is 0 Å². The zero-order valence-electron chi connectivity index (χ0n) is 11.4. The molecular weight excluding hydrogens is 288 g/mol. The SMILES string of the molecule is Cc1cc(C(=O)NCc2cc(C#CCN)cs2)sc1C. The summed E-state index contributed by atoms with van der Waals surface area (Å²) in [7, 11) is 0. The highest BCUT2D eigenvalue weighted by Crippen LogP contribution is 2.20. The van der Waals surface area contributed by atoms with Crippen LogP contribution in [-0.4, -0.2) is 12.5 Å². The first-order valence-electron chi connectivity index (χ1n) is 6.21. The van der Waals surface area contributed by atoms with Gasteiger partial charge < -0.3 is 11.1 Å². The Labute approximate surface area is 126 Å². The van der Waals surface area contributed by atoms with E-state index in [0.29, 0.717) is 13.1 Å². The second kappa shape index (κ2) is 6.71. The zero-order valence-corrected chi connectivity index (χ0v) is 13.1. The van der Waals surface area contributed by atoms with Crippen molar-refractivity contribution < 1.29 is 4.79 Å². The second-order valence-corrected chi connectivity index (χ2v) is 6.59. The summed E-state index contributed by atoms with van der Waals surface area (Å²) in [5.41, 5.74) is 7.45. The van der Waals surface area contributed by atoms with Gasteiger partial charge in [-0.25, -0.2) is 0 Å². The third-order valence-corrected chi connectivity index (χ3v) is 4.89. The molecule has 0 aliphatic heterocycles. The van der Waals surface area contributed by atoms with Gasteiger partial charge in [0, 0.05) is 20.7 Å². The van der Waals surface area contributed by atoms with E-state index in [1.54, 1.807) is 11.3 Å². The lowest BCUT2D eigenvalue weighted by Gasteiger charge is -2.00. The molecular formula is C15H16N2OS2. The van der Waals surface area contributed by atoms with Gasteiger partial charge in [0.25, 0.3) is 5.91 Å². The largest absolute Gasteiger partial charge is 0.346 e. The Kier molecular flexibility index (Phi) is 4.96. The zero-order chi connectivity index (χ0) is 14.5. The quantitative estimate of drug-likeness (QED) is 0.857. The highest BCUT2D eigenvalue weighted by Gasteiger charge is 2.10. The molecule has 0 saturated carbocycles. The van der Waals surface area contributed by atoms with Crippen LogP contribution in [0.4, 0.5) is 0 Å². The van der Waals surface area contributed by atoms with E-state index < -0.39 is 0 Å². The smallest absolute Gasteiger partial charge is 0.261 e. The van der Waals surface area contributed by atoms with Gasteiger partial charge >= 0.3 is 0 Å². The molecule has 2 heterocycles. The van der Waals surface area contributed by atoms with Crippen LogP contribution in [0, 0.1) is 25.7 Å². The molecule has 0 unspecified atom stereocenters. The number of hydrogen-bond donors (Lipinski definition) is 2. The highest BCUT2D eigenvalue weighted by molar-refractivity contribution is 7.14. The Morgan fingerprint density at radius 1 is 1.40 bits per heavy atom. The van der Waals surface area contributed by atoms with Crippen molar-refractivity contribution in [1.29, 1.82) is 0 Å². The normalized spacial score (nSPS) is 9.95. The highest BCUT2D eigenvalue weighted by atomic mass is 32.1. The van der Waals surface area contributed by atoms with Crippen molar-refractivity contribution in [2.75, 3.05) is 6.54 Å². The van der Waals surface area contributed by atoms with E-state index in [9.17, 15) is 4.79 Å². The molecule has 0 aliphatic carbocycles. The number of thiophene rings is 2. The average molecular weight is 304 g/mol. The molecule has 3 N–H and O–H groups in total. The van der Waals surface area contributed by atoms with Crippen molar-refractivity contribution in [2.45, 2.75) is 20.4 Å². The summed E-state index contributed by atoms with van der Waals surface area (Å²) in [6, 6.07) is 3.92. The topological polar surface area (TPSA) is 55.1 Å². The maximum Gasteiger partial charge on any atom is 0.261 e. The third kappa shape index (κ3) is 3.70. The van der Waals surface area contributed by atoms with Gasteiger partial charge in [-0.3, -0.25) is 4.79 Å². The van der Waals surface area contributed by atoms with Crippen LogP contribution < -0.4 is 11.1 Å². The summed E-state index contributed by atoms with van der Waals surface area (Å²) in [6.07, 6.45) is 0. The summed E-state index contributed by atoms with van der Waals surface area (Å²) < 4.78 is 0. The first-order chi connectivity index (χ1) is 9.60. The molecule has 5 heteroatoms. The number of carbonyl (C=O) groups is 1. The molecule has 3 nitrogen and oxygen atoms in total. The molecule has 1 amide bonds. The van der Waals surface area contributed by atoms with Crippen molar-refractivity contribution in [3.05, 3.63) is 43.3 Å². The Balaban J connectivity index is 1.95. The molecule has 2 aromatic heterocycles. The van der Waals surface area contributed by atoms with Crippen LogP contribution in [0.3, 0.4) is 0 Å². The van der Waals surface area contributed by atoms with Gasteiger partial charge in [-0.15, -0.1) is 22.7 Å². The molecule has 104 valence electrons. The van der Waals surface area contributed by atoms with E-state index in [0.717, 1.165) is 20.9 Å². The number of aryl methyl sites for hydroxylation is 2. The maximum absolute atomic E-state index is 12.0. The van der Waals surface area contributed by atoms with E-state index in [1.165, 1.54) is 16.2 Å². The molecule has 2 aromatic rings. The number of rotatable bonds is 3. The van der Waals surface area contributed by atoms with Crippen LogP contribution in [0.25, 0.3) is 0 Å². The van der Waals surface area contributed by atoms with Gasteiger partial charge in [-0.2, -0.15) is 0 Å². The average Bonchev–Trinajstić information content (AvgIpc) is 3.01. The van der Waals surface area contributed by atoms with E-state index in [1.807, 2.05) is 31.4 Å². The summed E-state index contributed by atoms with van der Waals surface area (Å²) >= 11 is 3.12. The van der Waals surface area contributed by atoms with Gasteiger partial charge in [-0.05, 0) is 31.5 Å². The third-order valence-electron chi connectivity index (χ3n) is 2.80.